The lowest BCUT2D eigenvalue weighted by Gasteiger charge is -2.18. The van der Waals surface area contributed by atoms with Gasteiger partial charge < -0.3 is 14.4 Å². The molecule has 0 saturated carbocycles. The van der Waals surface area contributed by atoms with Crippen LogP contribution in [-0.2, 0) is 13.1 Å². The molecule has 5 heteroatoms. The molecule has 0 spiro atoms. The van der Waals surface area contributed by atoms with E-state index in [1.807, 2.05) is 38.1 Å². The highest BCUT2D eigenvalue weighted by molar-refractivity contribution is 5.58. The van der Waals surface area contributed by atoms with Crippen LogP contribution in [0.5, 0.6) is 11.6 Å². The lowest BCUT2D eigenvalue weighted by molar-refractivity contribution is 0.241. The van der Waals surface area contributed by atoms with E-state index in [1.54, 1.807) is 0 Å². The second-order valence-corrected chi connectivity index (χ2v) is 6.73. The van der Waals surface area contributed by atoms with Crippen molar-refractivity contribution in [1.29, 1.82) is 0 Å². The van der Waals surface area contributed by atoms with Crippen molar-refractivity contribution >= 4 is 0 Å². The van der Waals surface area contributed by atoms with Gasteiger partial charge >= 0.3 is 0 Å². The number of ether oxygens (including phenoxy) is 1. The fourth-order valence-corrected chi connectivity index (χ4v) is 2.84. The van der Waals surface area contributed by atoms with E-state index < -0.39 is 0 Å². The normalized spacial score (nSPS) is 11.3. The third-order valence-corrected chi connectivity index (χ3v) is 3.91. The average molecular weight is 352 g/mol. The zero-order valence-electron chi connectivity index (χ0n) is 15.3. The molecule has 0 aliphatic rings. The van der Waals surface area contributed by atoms with Crippen LogP contribution < -0.4 is 4.74 Å². The highest BCUT2D eigenvalue weighted by Gasteiger charge is 2.07. The molecule has 1 aromatic heterocycles. The Kier molecular flexibility index (Phi) is 5.58. The molecule has 0 aliphatic heterocycles. The minimum Gasteiger partial charge on any atom is -0.491 e. The minimum atomic E-state index is -0.104. The van der Waals surface area contributed by atoms with E-state index >= 15 is 0 Å². The minimum absolute atomic E-state index is 0.104. The third-order valence-electron chi connectivity index (χ3n) is 3.91. The van der Waals surface area contributed by atoms with E-state index in [4.69, 9.17) is 9.26 Å². The van der Waals surface area contributed by atoms with Gasteiger partial charge in [0, 0.05) is 24.7 Å². The van der Waals surface area contributed by atoms with Crippen molar-refractivity contribution < 1.29 is 14.4 Å². The van der Waals surface area contributed by atoms with Crippen molar-refractivity contribution in [2.45, 2.75) is 33.0 Å². The van der Waals surface area contributed by atoms with Crippen molar-refractivity contribution in [2.24, 2.45) is 0 Å². The van der Waals surface area contributed by atoms with Gasteiger partial charge in [-0.1, -0.05) is 36.4 Å². The summed E-state index contributed by atoms with van der Waals surface area (Å²) in [5, 5.41) is 12.8. The molecule has 0 amide bonds. The van der Waals surface area contributed by atoms with E-state index in [0.717, 1.165) is 24.4 Å². The topological polar surface area (TPSA) is 58.7 Å². The Morgan fingerprint density at radius 3 is 2.42 bits per heavy atom. The number of nitrogens with zero attached hydrogens (tertiary/aromatic N) is 2. The summed E-state index contributed by atoms with van der Waals surface area (Å²) in [6.07, 6.45) is 0.174. The van der Waals surface area contributed by atoms with Gasteiger partial charge in [-0.3, -0.25) is 4.90 Å². The first kappa shape index (κ1) is 18.0. The average Bonchev–Trinajstić information content (AvgIpc) is 3.01. The van der Waals surface area contributed by atoms with Gasteiger partial charge in [0.15, 0.2) is 5.76 Å². The molecule has 1 heterocycles. The molecule has 0 radical (unpaired) electrons. The Labute approximate surface area is 153 Å². The highest BCUT2D eigenvalue weighted by Crippen LogP contribution is 2.23. The second kappa shape index (κ2) is 8.06. The van der Waals surface area contributed by atoms with Gasteiger partial charge in [0.1, 0.15) is 5.75 Å². The summed E-state index contributed by atoms with van der Waals surface area (Å²) in [5.41, 5.74) is 3.32. The Balaban J connectivity index is 1.60. The van der Waals surface area contributed by atoms with Crippen molar-refractivity contribution in [3.05, 3.63) is 65.7 Å². The van der Waals surface area contributed by atoms with E-state index in [2.05, 4.69) is 41.4 Å². The quantitative estimate of drug-likeness (QED) is 0.680. The summed E-state index contributed by atoms with van der Waals surface area (Å²) in [7, 11) is 2.10. The van der Waals surface area contributed by atoms with Crippen molar-refractivity contribution in [2.75, 3.05) is 7.05 Å². The molecule has 5 nitrogen and oxygen atoms in total. The summed E-state index contributed by atoms with van der Waals surface area (Å²) >= 11 is 0. The summed E-state index contributed by atoms with van der Waals surface area (Å²) in [4.78, 5) is 2.25. The van der Waals surface area contributed by atoms with Gasteiger partial charge in [-0.15, -0.1) is 0 Å². The first-order chi connectivity index (χ1) is 12.5. The van der Waals surface area contributed by atoms with Crippen LogP contribution in [-0.4, -0.2) is 28.3 Å². The molecule has 2 aromatic carbocycles. The Morgan fingerprint density at radius 1 is 1.04 bits per heavy atom. The molecule has 0 atom stereocenters. The monoisotopic (exact) mass is 352 g/mol. The van der Waals surface area contributed by atoms with E-state index in [9.17, 15) is 5.11 Å². The Hall–Kier alpha value is -2.79. The van der Waals surface area contributed by atoms with Crippen molar-refractivity contribution in [3.63, 3.8) is 0 Å². The van der Waals surface area contributed by atoms with Gasteiger partial charge in [-0.25, -0.2) is 0 Å². The van der Waals surface area contributed by atoms with E-state index in [1.165, 1.54) is 17.2 Å². The maximum atomic E-state index is 9.28. The van der Waals surface area contributed by atoms with Crippen molar-refractivity contribution in [3.8, 4) is 23.0 Å². The van der Waals surface area contributed by atoms with E-state index in [-0.39, 0.29) is 12.0 Å². The maximum absolute atomic E-state index is 9.28. The second-order valence-electron chi connectivity index (χ2n) is 6.73. The van der Waals surface area contributed by atoms with Crippen LogP contribution in [0.4, 0.5) is 0 Å². The summed E-state index contributed by atoms with van der Waals surface area (Å²) in [6.45, 7) is 5.73. The number of aromatic nitrogens is 1. The van der Waals surface area contributed by atoms with Gasteiger partial charge in [-0.05, 0) is 49.3 Å². The first-order valence-corrected chi connectivity index (χ1v) is 8.69. The Bertz CT molecular complexity index is 840. The fourth-order valence-electron chi connectivity index (χ4n) is 2.84. The molecular weight excluding hydrogens is 328 g/mol. The highest BCUT2D eigenvalue weighted by atomic mass is 16.5. The zero-order valence-corrected chi connectivity index (χ0v) is 15.3. The number of benzene rings is 2. The number of hydrogen-bond donors (Lipinski definition) is 1. The van der Waals surface area contributed by atoms with Crippen LogP contribution in [0.2, 0.25) is 0 Å². The van der Waals surface area contributed by atoms with Gasteiger partial charge in [0.05, 0.1) is 6.10 Å². The lowest BCUT2D eigenvalue weighted by Crippen LogP contribution is -2.17. The predicted molar refractivity (Wildman–Crippen MR) is 101 cm³/mol. The predicted octanol–water partition coefficient (Wildman–Crippen LogP) is 4.47. The summed E-state index contributed by atoms with van der Waals surface area (Å²) in [6, 6.07) is 17.8. The maximum Gasteiger partial charge on any atom is 0.252 e. The van der Waals surface area contributed by atoms with E-state index in [0.29, 0.717) is 5.76 Å². The summed E-state index contributed by atoms with van der Waals surface area (Å²) < 4.78 is 10.8. The summed E-state index contributed by atoms with van der Waals surface area (Å²) in [5.74, 6) is 1.36. The molecule has 0 fully saturated rings. The molecule has 1 N–H and O–H groups in total. The van der Waals surface area contributed by atoms with Crippen LogP contribution in [0.1, 0.15) is 25.0 Å². The molecule has 3 aromatic rings. The zero-order chi connectivity index (χ0) is 18.5. The molecule has 3 rings (SSSR count). The molecule has 26 heavy (non-hydrogen) atoms. The largest absolute Gasteiger partial charge is 0.491 e. The third kappa shape index (κ3) is 4.86. The van der Waals surface area contributed by atoms with Gasteiger partial charge in [0.2, 0.25) is 0 Å². The van der Waals surface area contributed by atoms with Crippen LogP contribution in [0.25, 0.3) is 11.3 Å². The molecule has 0 unspecified atom stereocenters. The molecule has 136 valence electrons. The molecule has 0 aliphatic carbocycles. The van der Waals surface area contributed by atoms with Crippen LogP contribution in [0, 0.1) is 0 Å². The number of rotatable bonds is 7. The molecule has 0 saturated heterocycles. The fraction of sp³-hybridized carbons (Fsp3) is 0.286. The van der Waals surface area contributed by atoms with Crippen molar-refractivity contribution in [1.82, 2.24) is 10.1 Å². The number of hydrogen-bond acceptors (Lipinski definition) is 5. The van der Waals surface area contributed by atoms with Crippen LogP contribution >= 0.6 is 0 Å². The molecular formula is C21H24N2O3. The first-order valence-electron chi connectivity index (χ1n) is 8.69. The van der Waals surface area contributed by atoms with Gasteiger partial charge in [0.25, 0.3) is 5.88 Å². The van der Waals surface area contributed by atoms with Crippen LogP contribution in [0.3, 0.4) is 0 Å². The SMILES string of the molecule is CC(C)Oc1cccc(CN(C)Cc2ccc(-c3cc(O)no3)cc2)c1. The van der Waals surface area contributed by atoms with Gasteiger partial charge in [-0.2, -0.15) is 0 Å². The smallest absolute Gasteiger partial charge is 0.252 e. The van der Waals surface area contributed by atoms with Crippen LogP contribution in [0.15, 0.2) is 59.1 Å². The number of aromatic hydroxyl groups is 1. The Morgan fingerprint density at radius 2 is 1.77 bits per heavy atom. The molecule has 0 bridgehead atoms. The lowest BCUT2D eigenvalue weighted by atomic mass is 10.1. The standard InChI is InChI=1S/C21H24N2O3/c1-15(2)25-19-6-4-5-17(11-19)14-23(3)13-16-7-9-18(10-8-16)20-12-21(24)22-26-20/h4-12,15H,13-14H2,1-3H3,(H,22,24).